The quantitative estimate of drug-likeness (QED) is 0.610. The third-order valence-corrected chi connectivity index (χ3v) is 2.42. The first-order valence-electron chi connectivity index (χ1n) is 5.59. The number of hydrogen-bond acceptors (Lipinski definition) is 2. The molecule has 80 valence electrons. The van der Waals surface area contributed by atoms with E-state index < -0.39 is 0 Å². The molecule has 13 heavy (non-hydrogen) atoms. The van der Waals surface area contributed by atoms with Crippen LogP contribution in [-0.2, 0) is 0 Å². The normalized spacial score (nSPS) is 15.7. The third-order valence-electron chi connectivity index (χ3n) is 2.42. The van der Waals surface area contributed by atoms with Crippen molar-refractivity contribution in [1.29, 1.82) is 0 Å². The topological polar surface area (TPSA) is 32.3 Å². The highest BCUT2D eigenvalue weighted by molar-refractivity contribution is 4.62. The average Bonchev–Trinajstić information content (AvgIpc) is 2.10. The molecule has 0 aromatic heterocycles. The van der Waals surface area contributed by atoms with Gasteiger partial charge < -0.3 is 10.4 Å². The molecular weight excluding hydrogens is 162 g/mol. The summed E-state index contributed by atoms with van der Waals surface area (Å²) in [7, 11) is 0. The second-order valence-electron chi connectivity index (χ2n) is 3.92. The van der Waals surface area contributed by atoms with Crippen LogP contribution in [0.15, 0.2) is 0 Å². The van der Waals surface area contributed by atoms with E-state index in [2.05, 4.69) is 19.2 Å². The summed E-state index contributed by atoms with van der Waals surface area (Å²) in [5.74, 6) is 0.790. The number of aliphatic hydroxyl groups excluding tert-OH is 1. The van der Waals surface area contributed by atoms with Crippen molar-refractivity contribution in [2.45, 2.75) is 52.6 Å². The lowest BCUT2D eigenvalue weighted by atomic mass is 9.99. The second kappa shape index (κ2) is 8.52. The van der Waals surface area contributed by atoms with Gasteiger partial charge in [0.25, 0.3) is 0 Å². The molecule has 0 fully saturated rings. The van der Waals surface area contributed by atoms with Gasteiger partial charge in [0.05, 0.1) is 6.10 Å². The number of rotatable bonds is 8. The lowest BCUT2D eigenvalue weighted by Gasteiger charge is -2.15. The molecule has 0 aromatic carbocycles. The van der Waals surface area contributed by atoms with Gasteiger partial charge in [0, 0.05) is 6.54 Å². The van der Waals surface area contributed by atoms with Gasteiger partial charge in [0.1, 0.15) is 0 Å². The molecule has 0 bridgehead atoms. The Labute approximate surface area is 82.7 Å². The van der Waals surface area contributed by atoms with Gasteiger partial charge in [0.15, 0.2) is 0 Å². The van der Waals surface area contributed by atoms with Gasteiger partial charge >= 0.3 is 0 Å². The van der Waals surface area contributed by atoms with Crippen molar-refractivity contribution in [3.63, 3.8) is 0 Å². The monoisotopic (exact) mass is 187 g/mol. The Balaban J connectivity index is 3.36. The highest BCUT2D eigenvalue weighted by atomic mass is 16.3. The van der Waals surface area contributed by atoms with Crippen molar-refractivity contribution in [1.82, 2.24) is 5.32 Å². The Hall–Kier alpha value is -0.0800. The Morgan fingerprint density at radius 3 is 2.38 bits per heavy atom. The summed E-state index contributed by atoms with van der Waals surface area (Å²) in [6, 6.07) is 0. The van der Waals surface area contributed by atoms with Crippen molar-refractivity contribution in [2.75, 3.05) is 13.1 Å². The van der Waals surface area contributed by atoms with Crippen LogP contribution in [0.1, 0.15) is 46.5 Å². The van der Waals surface area contributed by atoms with E-state index in [1.807, 2.05) is 6.92 Å². The van der Waals surface area contributed by atoms with Crippen LogP contribution in [0.3, 0.4) is 0 Å². The largest absolute Gasteiger partial charge is 0.392 e. The molecule has 0 aliphatic heterocycles. The van der Waals surface area contributed by atoms with Gasteiger partial charge in [-0.3, -0.25) is 0 Å². The Kier molecular flexibility index (Phi) is 8.46. The van der Waals surface area contributed by atoms with E-state index >= 15 is 0 Å². The lowest BCUT2D eigenvalue weighted by molar-refractivity contribution is 0.188. The molecule has 0 amide bonds. The summed E-state index contributed by atoms with van der Waals surface area (Å²) in [6.07, 6.45) is 4.96. The Morgan fingerprint density at radius 1 is 1.23 bits per heavy atom. The zero-order chi connectivity index (χ0) is 10.1. The van der Waals surface area contributed by atoms with Crippen molar-refractivity contribution < 1.29 is 5.11 Å². The molecule has 0 aliphatic carbocycles. The van der Waals surface area contributed by atoms with Crippen LogP contribution in [0.2, 0.25) is 0 Å². The molecule has 2 nitrogen and oxygen atoms in total. The maximum atomic E-state index is 9.05. The van der Waals surface area contributed by atoms with Gasteiger partial charge in [0.2, 0.25) is 0 Å². The molecule has 0 spiro atoms. The Morgan fingerprint density at radius 2 is 1.92 bits per heavy atom. The van der Waals surface area contributed by atoms with E-state index in [1.54, 1.807) is 0 Å². The fourth-order valence-corrected chi connectivity index (χ4v) is 1.44. The first-order chi connectivity index (χ1) is 6.20. The maximum absolute atomic E-state index is 9.05. The van der Waals surface area contributed by atoms with Crippen LogP contribution in [-0.4, -0.2) is 24.3 Å². The zero-order valence-electron chi connectivity index (χ0n) is 9.34. The average molecular weight is 187 g/mol. The molecule has 2 atom stereocenters. The minimum Gasteiger partial charge on any atom is -0.392 e. The smallest absolute Gasteiger partial charge is 0.0636 e. The first kappa shape index (κ1) is 12.9. The summed E-state index contributed by atoms with van der Waals surface area (Å²) < 4.78 is 0. The molecule has 0 heterocycles. The lowest BCUT2D eigenvalue weighted by Crippen LogP contribution is -2.29. The van der Waals surface area contributed by atoms with E-state index in [-0.39, 0.29) is 6.10 Å². The molecular formula is C11H25NO. The van der Waals surface area contributed by atoms with Crippen molar-refractivity contribution in [3.05, 3.63) is 0 Å². The standard InChI is InChI=1S/C11H25NO/c1-4-6-7-11(5-2)9-12-8-10(3)13/h10-13H,4-9H2,1-3H3. The highest BCUT2D eigenvalue weighted by Gasteiger charge is 2.05. The second-order valence-corrected chi connectivity index (χ2v) is 3.92. The van der Waals surface area contributed by atoms with Gasteiger partial charge in [-0.15, -0.1) is 0 Å². The van der Waals surface area contributed by atoms with Crippen LogP contribution < -0.4 is 5.32 Å². The number of nitrogens with one attached hydrogen (secondary N) is 1. The van der Waals surface area contributed by atoms with Gasteiger partial charge in [-0.25, -0.2) is 0 Å². The molecule has 0 aliphatic rings. The first-order valence-corrected chi connectivity index (χ1v) is 5.59. The molecule has 2 N–H and O–H groups in total. The summed E-state index contributed by atoms with van der Waals surface area (Å²) in [5, 5.41) is 12.3. The SMILES string of the molecule is CCCCC(CC)CNCC(C)O. The minimum absolute atomic E-state index is 0.219. The fraction of sp³-hybridized carbons (Fsp3) is 1.00. The summed E-state index contributed by atoms with van der Waals surface area (Å²) in [4.78, 5) is 0. The van der Waals surface area contributed by atoms with E-state index in [1.165, 1.54) is 25.7 Å². The van der Waals surface area contributed by atoms with Crippen LogP contribution in [0, 0.1) is 5.92 Å². The number of hydrogen-bond donors (Lipinski definition) is 2. The summed E-state index contributed by atoms with van der Waals surface area (Å²) in [6.45, 7) is 8.07. The molecule has 0 saturated carbocycles. The number of aliphatic hydroxyl groups is 1. The molecule has 2 heteroatoms. The van der Waals surface area contributed by atoms with E-state index in [9.17, 15) is 0 Å². The minimum atomic E-state index is -0.219. The van der Waals surface area contributed by atoms with Crippen molar-refractivity contribution >= 4 is 0 Å². The highest BCUT2D eigenvalue weighted by Crippen LogP contribution is 2.10. The van der Waals surface area contributed by atoms with Gasteiger partial charge in [-0.05, 0) is 25.8 Å². The molecule has 2 unspecified atom stereocenters. The Bertz CT molecular complexity index is 104. The predicted octanol–water partition coefficient (Wildman–Crippen LogP) is 2.17. The molecule has 0 radical (unpaired) electrons. The van der Waals surface area contributed by atoms with Crippen LogP contribution in [0.5, 0.6) is 0 Å². The van der Waals surface area contributed by atoms with Gasteiger partial charge in [-0.2, -0.15) is 0 Å². The zero-order valence-corrected chi connectivity index (χ0v) is 9.34. The fourth-order valence-electron chi connectivity index (χ4n) is 1.44. The van der Waals surface area contributed by atoms with E-state index in [4.69, 9.17) is 5.11 Å². The molecule has 0 saturated heterocycles. The predicted molar refractivity (Wildman–Crippen MR) is 57.9 cm³/mol. The van der Waals surface area contributed by atoms with E-state index in [0.29, 0.717) is 0 Å². The number of unbranched alkanes of at least 4 members (excludes halogenated alkanes) is 1. The molecule has 0 rings (SSSR count). The van der Waals surface area contributed by atoms with Crippen molar-refractivity contribution in [2.24, 2.45) is 5.92 Å². The van der Waals surface area contributed by atoms with Crippen LogP contribution >= 0.6 is 0 Å². The van der Waals surface area contributed by atoms with E-state index in [0.717, 1.165) is 19.0 Å². The van der Waals surface area contributed by atoms with Crippen LogP contribution in [0.4, 0.5) is 0 Å². The summed E-state index contributed by atoms with van der Waals surface area (Å²) >= 11 is 0. The maximum Gasteiger partial charge on any atom is 0.0636 e. The van der Waals surface area contributed by atoms with Crippen LogP contribution in [0.25, 0.3) is 0 Å². The summed E-state index contributed by atoms with van der Waals surface area (Å²) in [5.41, 5.74) is 0. The van der Waals surface area contributed by atoms with Gasteiger partial charge in [-0.1, -0.05) is 33.1 Å². The van der Waals surface area contributed by atoms with Crippen molar-refractivity contribution in [3.8, 4) is 0 Å². The molecule has 0 aromatic rings. The third kappa shape index (κ3) is 8.26.